The van der Waals surface area contributed by atoms with Crippen LogP contribution in [-0.4, -0.2) is 42.0 Å². The van der Waals surface area contributed by atoms with Gasteiger partial charge in [-0.05, 0) is 58.7 Å². The molecule has 1 fully saturated rings. The number of nitrogens with zero attached hydrogens (tertiary/aromatic N) is 1. The molecule has 1 aliphatic carbocycles. The van der Waals surface area contributed by atoms with Gasteiger partial charge in [0, 0.05) is 6.04 Å². The minimum Gasteiger partial charge on any atom is -0.368 e. The summed E-state index contributed by atoms with van der Waals surface area (Å²) in [6.07, 6.45) is 5.75. The Morgan fingerprint density at radius 3 is 2.50 bits per heavy atom. The largest absolute Gasteiger partial charge is 0.368 e. The maximum atomic E-state index is 11.5. The average Bonchev–Trinajstić information content (AvgIpc) is 3.12. The van der Waals surface area contributed by atoms with Gasteiger partial charge in [0.05, 0.1) is 5.54 Å². The topological polar surface area (TPSA) is 58.4 Å². The van der Waals surface area contributed by atoms with Crippen molar-refractivity contribution in [3.8, 4) is 0 Å². The van der Waals surface area contributed by atoms with E-state index in [9.17, 15) is 4.79 Å². The Bertz CT molecular complexity index is 266. The van der Waals surface area contributed by atoms with Crippen molar-refractivity contribution in [2.24, 2.45) is 5.73 Å². The molecule has 0 heterocycles. The molecular weight excluding hydrogens is 226 g/mol. The van der Waals surface area contributed by atoms with Crippen molar-refractivity contribution in [2.75, 3.05) is 19.6 Å². The summed E-state index contributed by atoms with van der Waals surface area (Å²) < 4.78 is 0. The van der Waals surface area contributed by atoms with Crippen LogP contribution in [0.15, 0.2) is 0 Å². The van der Waals surface area contributed by atoms with Crippen LogP contribution in [0.3, 0.4) is 0 Å². The second-order valence-electron chi connectivity index (χ2n) is 5.60. The van der Waals surface area contributed by atoms with Gasteiger partial charge in [0.1, 0.15) is 0 Å². The molecule has 0 bridgehead atoms. The van der Waals surface area contributed by atoms with Crippen molar-refractivity contribution in [1.82, 2.24) is 10.2 Å². The Labute approximate surface area is 111 Å². The summed E-state index contributed by atoms with van der Waals surface area (Å²) in [6, 6.07) is 0.809. The fraction of sp³-hybridized carbons (Fsp3) is 0.929. The minimum absolute atomic E-state index is 0.238. The molecule has 1 aliphatic rings. The van der Waals surface area contributed by atoms with E-state index in [4.69, 9.17) is 5.73 Å². The van der Waals surface area contributed by atoms with E-state index < -0.39 is 5.54 Å². The number of rotatable bonds is 10. The Kier molecular flexibility index (Phi) is 6.09. The zero-order chi connectivity index (χ0) is 13.6. The molecule has 3 N–H and O–H groups in total. The van der Waals surface area contributed by atoms with Crippen LogP contribution in [0.2, 0.25) is 0 Å². The Morgan fingerprint density at radius 1 is 1.39 bits per heavy atom. The molecular formula is C14H29N3O. The normalized spacial score (nSPS) is 18.9. The highest BCUT2D eigenvalue weighted by atomic mass is 16.1. The van der Waals surface area contributed by atoms with Crippen LogP contribution < -0.4 is 11.1 Å². The van der Waals surface area contributed by atoms with E-state index in [1.165, 1.54) is 25.8 Å². The number of carbonyl (C=O) groups is 1. The maximum absolute atomic E-state index is 11.5. The van der Waals surface area contributed by atoms with E-state index in [1.54, 1.807) is 0 Å². The van der Waals surface area contributed by atoms with Crippen LogP contribution >= 0.6 is 0 Å². The molecule has 1 rings (SSSR count). The Balaban J connectivity index is 2.35. The number of hydrogen-bond donors (Lipinski definition) is 2. The SMILES string of the molecule is CCCN(CCCC(C)(NCC)C(N)=O)C1CC1. The average molecular weight is 255 g/mol. The molecule has 0 aliphatic heterocycles. The van der Waals surface area contributed by atoms with Crippen molar-refractivity contribution >= 4 is 5.91 Å². The summed E-state index contributed by atoms with van der Waals surface area (Å²) >= 11 is 0. The van der Waals surface area contributed by atoms with Gasteiger partial charge in [0.15, 0.2) is 0 Å². The molecule has 18 heavy (non-hydrogen) atoms. The van der Waals surface area contributed by atoms with E-state index in [-0.39, 0.29) is 5.91 Å². The van der Waals surface area contributed by atoms with E-state index >= 15 is 0 Å². The van der Waals surface area contributed by atoms with Crippen LogP contribution in [0.4, 0.5) is 0 Å². The van der Waals surface area contributed by atoms with Gasteiger partial charge in [-0.1, -0.05) is 13.8 Å². The second kappa shape index (κ2) is 7.10. The summed E-state index contributed by atoms with van der Waals surface area (Å²) in [5.41, 5.74) is 4.94. The lowest BCUT2D eigenvalue weighted by atomic mass is 9.94. The van der Waals surface area contributed by atoms with Crippen LogP contribution in [-0.2, 0) is 4.79 Å². The molecule has 1 saturated carbocycles. The molecule has 1 amide bonds. The number of amides is 1. The first-order valence-electron chi connectivity index (χ1n) is 7.32. The van der Waals surface area contributed by atoms with Gasteiger partial charge in [-0.3, -0.25) is 4.79 Å². The van der Waals surface area contributed by atoms with Crippen LogP contribution in [0, 0.1) is 0 Å². The van der Waals surface area contributed by atoms with Crippen LogP contribution in [0.1, 0.15) is 52.9 Å². The van der Waals surface area contributed by atoms with Crippen molar-refractivity contribution in [3.05, 3.63) is 0 Å². The standard InChI is InChI=1S/C14H29N3O/c1-4-10-17(12-7-8-12)11-6-9-14(3,13(15)18)16-5-2/h12,16H,4-11H2,1-3H3,(H2,15,18). The van der Waals surface area contributed by atoms with Gasteiger partial charge in [-0.2, -0.15) is 0 Å². The van der Waals surface area contributed by atoms with Gasteiger partial charge in [0.25, 0.3) is 0 Å². The van der Waals surface area contributed by atoms with Crippen molar-refractivity contribution in [3.63, 3.8) is 0 Å². The zero-order valence-electron chi connectivity index (χ0n) is 12.2. The van der Waals surface area contributed by atoms with Crippen molar-refractivity contribution < 1.29 is 4.79 Å². The summed E-state index contributed by atoms with van der Waals surface area (Å²) in [7, 11) is 0. The quantitative estimate of drug-likeness (QED) is 0.622. The lowest BCUT2D eigenvalue weighted by Gasteiger charge is -2.29. The summed E-state index contributed by atoms with van der Waals surface area (Å²) in [5.74, 6) is -0.238. The first-order valence-corrected chi connectivity index (χ1v) is 7.32. The monoisotopic (exact) mass is 255 g/mol. The summed E-state index contributed by atoms with van der Waals surface area (Å²) in [4.78, 5) is 14.1. The van der Waals surface area contributed by atoms with E-state index in [0.29, 0.717) is 0 Å². The molecule has 1 unspecified atom stereocenters. The third-order valence-corrected chi connectivity index (χ3v) is 3.81. The molecule has 0 saturated heterocycles. The molecule has 106 valence electrons. The molecule has 0 aromatic heterocycles. The van der Waals surface area contributed by atoms with Crippen LogP contribution in [0.25, 0.3) is 0 Å². The molecule has 0 aromatic carbocycles. The first kappa shape index (κ1) is 15.4. The predicted octanol–water partition coefficient (Wildman–Crippen LogP) is 1.49. The molecule has 0 aromatic rings. The molecule has 0 spiro atoms. The van der Waals surface area contributed by atoms with Gasteiger partial charge in [-0.15, -0.1) is 0 Å². The fourth-order valence-corrected chi connectivity index (χ4v) is 2.53. The van der Waals surface area contributed by atoms with E-state index in [2.05, 4.69) is 17.1 Å². The van der Waals surface area contributed by atoms with Gasteiger partial charge in [0.2, 0.25) is 5.91 Å². The minimum atomic E-state index is -0.545. The number of carbonyl (C=O) groups excluding carboxylic acids is 1. The molecule has 1 atom stereocenters. The van der Waals surface area contributed by atoms with E-state index in [0.717, 1.165) is 32.0 Å². The highest BCUT2D eigenvalue weighted by Crippen LogP contribution is 2.27. The molecule has 4 nitrogen and oxygen atoms in total. The number of hydrogen-bond acceptors (Lipinski definition) is 3. The highest BCUT2D eigenvalue weighted by Gasteiger charge is 2.31. The van der Waals surface area contributed by atoms with Crippen LogP contribution in [0.5, 0.6) is 0 Å². The Hall–Kier alpha value is -0.610. The number of nitrogens with one attached hydrogen (secondary N) is 1. The van der Waals surface area contributed by atoms with Gasteiger partial charge < -0.3 is 16.0 Å². The second-order valence-corrected chi connectivity index (χ2v) is 5.60. The van der Waals surface area contributed by atoms with E-state index in [1.807, 2.05) is 13.8 Å². The number of primary amides is 1. The highest BCUT2D eigenvalue weighted by molar-refractivity contribution is 5.84. The van der Waals surface area contributed by atoms with Crippen molar-refractivity contribution in [2.45, 2.75) is 64.5 Å². The third kappa shape index (κ3) is 4.58. The maximum Gasteiger partial charge on any atom is 0.237 e. The third-order valence-electron chi connectivity index (χ3n) is 3.81. The summed E-state index contributed by atoms with van der Waals surface area (Å²) in [6.45, 7) is 9.20. The molecule has 4 heteroatoms. The molecule has 0 radical (unpaired) electrons. The van der Waals surface area contributed by atoms with Crippen molar-refractivity contribution in [1.29, 1.82) is 0 Å². The van der Waals surface area contributed by atoms with Gasteiger partial charge in [-0.25, -0.2) is 0 Å². The number of nitrogens with two attached hydrogens (primary N) is 1. The summed E-state index contributed by atoms with van der Waals surface area (Å²) in [5, 5.41) is 3.22. The zero-order valence-corrected chi connectivity index (χ0v) is 12.2. The predicted molar refractivity (Wildman–Crippen MR) is 75.4 cm³/mol. The van der Waals surface area contributed by atoms with Gasteiger partial charge >= 0.3 is 0 Å². The first-order chi connectivity index (χ1) is 8.53. The fourth-order valence-electron chi connectivity index (χ4n) is 2.53. The lowest BCUT2D eigenvalue weighted by Crippen LogP contribution is -2.53. The Morgan fingerprint density at radius 2 is 2.06 bits per heavy atom. The number of likely N-dealkylation sites (N-methyl/N-ethyl adjacent to an activating group) is 1. The smallest absolute Gasteiger partial charge is 0.237 e. The lowest BCUT2D eigenvalue weighted by molar-refractivity contribution is -0.124.